The molecular formula is C29H31N7O. The maximum Gasteiger partial charge on any atom is 0.331 e. The van der Waals surface area contributed by atoms with Gasteiger partial charge in [0.1, 0.15) is 16.7 Å². The van der Waals surface area contributed by atoms with E-state index in [1.54, 1.807) is 29.4 Å². The van der Waals surface area contributed by atoms with E-state index in [9.17, 15) is 4.79 Å². The number of pyridine rings is 1. The summed E-state index contributed by atoms with van der Waals surface area (Å²) in [6, 6.07) is 24.2. The zero-order valence-corrected chi connectivity index (χ0v) is 21.6. The fourth-order valence-corrected chi connectivity index (χ4v) is 4.55. The number of hydrogen-bond donors (Lipinski definition) is 1. The number of aromatic nitrogens is 5. The molecule has 0 saturated heterocycles. The van der Waals surface area contributed by atoms with Gasteiger partial charge in [-0.15, -0.1) is 0 Å². The van der Waals surface area contributed by atoms with Gasteiger partial charge in [-0.2, -0.15) is 5.10 Å². The summed E-state index contributed by atoms with van der Waals surface area (Å²) in [6.45, 7) is 5.28. The van der Waals surface area contributed by atoms with E-state index in [2.05, 4.69) is 53.4 Å². The van der Waals surface area contributed by atoms with Gasteiger partial charge >= 0.3 is 5.69 Å². The number of fused-ring (bicyclic) bond motifs is 1. The predicted octanol–water partition coefficient (Wildman–Crippen LogP) is 4.58. The molecule has 0 atom stereocenters. The van der Waals surface area contributed by atoms with Crippen molar-refractivity contribution in [3.63, 3.8) is 0 Å². The molecule has 2 aromatic carbocycles. The van der Waals surface area contributed by atoms with Gasteiger partial charge in [0.25, 0.3) is 0 Å². The van der Waals surface area contributed by atoms with E-state index >= 15 is 0 Å². The Morgan fingerprint density at radius 3 is 2.35 bits per heavy atom. The summed E-state index contributed by atoms with van der Waals surface area (Å²) in [6.07, 6.45) is 1.80. The Morgan fingerprint density at radius 1 is 0.973 bits per heavy atom. The second-order valence-electron chi connectivity index (χ2n) is 9.50. The van der Waals surface area contributed by atoms with Crippen LogP contribution in [0.25, 0.3) is 22.3 Å². The highest BCUT2D eigenvalue weighted by atomic mass is 16.1. The third-order valence-corrected chi connectivity index (χ3v) is 6.29. The van der Waals surface area contributed by atoms with Gasteiger partial charge in [0.15, 0.2) is 5.65 Å². The SMILES string of the molecule is C/N=c1\c2c(Nc3ccccc3)n(Cc3ccc(-c4ccccn4)cc3)nc2n(CC(C)C)c(=O)n1C. The van der Waals surface area contributed by atoms with Gasteiger partial charge in [0.05, 0.1) is 12.2 Å². The molecular weight excluding hydrogens is 462 g/mol. The first kappa shape index (κ1) is 24.2. The second kappa shape index (κ2) is 10.3. The maximum atomic E-state index is 13.3. The van der Waals surface area contributed by atoms with Crippen molar-refractivity contribution in [3.8, 4) is 11.3 Å². The maximum absolute atomic E-state index is 13.3. The lowest BCUT2D eigenvalue weighted by Crippen LogP contribution is -2.39. The number of benzene rings is 2. The summed E-state index contributed by atoms with van der Waals surface area (Å²) in [4.78, 5) is 22.2. The normalized spacial score (nSPS) is 12.0. The molecule has 0 aliphatic rings. The highest BCUT2D eigenvalue weighted by Crippen LogP contribution is 2.26. The Labute approximate surface area is 215 Å². The van der Waals surface area contributed by atoms with Crippen molar-refractivity contribution in [2.75, 3.05) is 12.4 Å². The molecule has 5 aromatic rings. The van der Waals surface area contributed by atoms with E-state index in [0.717, 1.165) is 33.7 Å². The Bertz CT molecular complexity index is 1650. The fourth-order valence-electron chi connectivity index (χ4n) is 4.55. The van der Waals surface area contributed by atoms with Crippen molar-refractivity contribution < 1.29 is 0 Å². The lowest BCUT2D eigenvalue weighted by Gasteiger charge is -2.13. The summed E-state index contributed by atoms with van der Waals surface area (Å²) in [5.41, 5.74) is 5.10. The van der Waals surface area contributed by atoms with Gasteiger partial charge in [0, 0.05) is 38.1 Å². The number of hydrogen-bond acceptors (Lipinski definition) is 5. The highest BCUT2D eigenvalue weighted by Gasteiger charge is 2.21. The van der Waals surface area contributed by atoms with E-state index in [1.807, 2.05) is 53.2 Å². The molecule has 0 spiro atoms. The Hall–Kier alpha value is -4.46. The lowest BCUT2D eigenvalue weighted by atomic mass is 10.1. The van der Waals surface area contributed by atoms with Crippen LogP contribution < -0.4 is 16.5 Å². The number of anilines is 2. The zero-order chi connectivity index (χ0) is 25.9. The molecule has 8 nitrogen and oxygen atoms in total. The molecule has 188 valence electrons. The van der Waals surface area contributed by atoms with Gasteiger partial charge in [-0.3, -0.25) is 19.1 Å². The Balaban J connectivity index is 1.67. The summed E-state index contributed by atoms with van der Waals surface area (Å²) >= 11 is 0. The van der Waals surface area contributed by atoms with Crippen LogP contribution in [0.15, 0.2) is 88.8 Å². The van der Waals surface area contributed by atoms with Crippen LogP contribution in [0.5, 0.6) is 0 Å². The van der Waals surface area contributed by atoms with Crippen LogP contribution in [0.4, 0.5) is 11.5 Å². The van der Waals surface area contributed by atoms with Gasteiger partial charge in [-0.1, -0.05) is 62.4 Å². The largest absolute Gasteiger partial charge is 0.340 e. The number of nitrogens with zero attached hydrogens (tertiary/aromatic N) is 6. The molecule has 0 saturated carbocycles. The summed E-state index contributed by atoms with van der Waals surface area (Å²) < 4.78 is 5.29. The molecule has 0 unspecified atom stereocenters. The fraction of sp³-hybridized carbons (Fsp3) is 0.241. The van der Waals surface area contributed by atoms with Crippen molar-refractivity contribution in [1.82, 2.24) is 23.9 Å². The van der Waals surface area contributed by atoms with Crippen LogP contribution in [0.3, 0.4) is 0 Å². The minimum absolute atomic E-state index is 0.127. The van der Waals surface area contributed by atoms with E-state index in [1.165, 1.54) is 0 Å². The number of para-hydroxylation sites is 1. The van der Waals surface area contributed by atoms with Crippen LogP contribution >= 0.6 is 0 Å². The van der Waals surface area contributed by atoms with E-state index < -0.39 is 0 Å². The van der Waals surface area contributed by atoms with E-state index in [0.29, 0.717) is 24.2 Å². The lowest BCUT2D eigenvalue weighted by molar-refractivity contribution is 0.496. The highest BCUT2D eigenvalue weighted by molar-refractivity contribution is 5.89. The van der Waals surface area contributed by atoms with Crippen molar-refractivity contribution in [1.29, 1.82) is 0 Å². The summed E-state index contributed by atoms with van der Waals surface area (Å²) in [7, 11) is 3.47. The quantitative estimate of drug-likeness (QED) is 0.360. The van der Waals surface area contributed by atoms with Crippen LogP contribution in [-0.2, 0) is 20.1 Å². The van der Waals surface area contributed by atoms with Gasteiger partial charge in [0.2, 0.25) is 0 Å². The summed E-state index contributed by atoms with van der Waals surface area (Å²) in [5.74, 6) is 1.07. The molecule has 3 aromatic heterocycles. The van der Waals surface area contributed by atoms with E-state index in [4.69, 9.17) is 5.10 Å². The van der Waals surface area contributed by atoms with Crippen LogP contribution in [0, 0.1) is 5.92 Å². The van der Waals surface area contributed by atoms with Crippen molar-refractivity contribution >= 4 is 22.5 Å². The van der Waals surface area contributed by atoms with E-state index in [-0.39, 0.29) is 11.6 Å². The second-order valence-corrected chi connectivity index (χ2v) is 9.50. The smallest absolute Gasteiger partial charge is 0.331 e. The number of nitrogens with one attached hydrogen (secondary N) is 1. The summed E-state index contributed by atoms with van der Waals surface area (Å²) in [5, 5.41) is 9.36. The molecule has 0 amide bonds. The predicted molar refractivity (Wildman–Crippen MR) is 148 cm³/mol. The molecule has 5 rings (SSSR count). The standard InChI is InChI=1S/C29H31N7O/c1-20(2)18-35-28-25(26(30-3)34(4)29(35)37)27(32-23-10-6-5-7-11-23)36(33-28)19-21-13-15-22(16-14-21)24-12-8-9-17-31-24/h5-17,20,32H,18-19H2,1-4H3/b30-26+. The molecule has 3 heterocycles. The molecule has 0 radical (unpaired) electrons. The van der Waals surface area contributed by atoms with Gasteiger partial charge in [-0.25, -0.2) is 9.48 Å². The average Bonchev–Trinajstić information content (AvgIpc) is 3.25. The molecule has 0 fully saturated rings. The monoisotopic (exact) mass is 493 g/mol. The van der Waals surface area contributed by atoms with Gasteiger partial charge < -0.3 is 5.32 Å². The first-order valence-corrected chi connectivity index (χ1v) is 12.4. The Morgan fingerprint density at radius 2 is 1.70 bits per heavy atom. The Kier molecular flexibility index (Phi) is 6.72. The van der Waals surface area contributed by atoms with Crippen LogP contribution in [0.2, 0.25) is 0 Å². The zero-order valence-electron chi connectivity index (χ0n) is 21.6. The molecule has 8 heteroatoms. The van der Waals surface area contributed by atoms with Crippen LogP contribution in [0.1, 0.15) is 19.4 Å². The minimum Gasteiger partial charge on any atom is -0.340 e. The van der Waals surface area contributed by atoms with Crippen molar-refractivity contribution in [2.45, 2.75) is 26.9 Å². The first-order chi connectivity index (χ1) is 18.0. The minimum atomic E-state index is -0.127. The molecule has 0 aliphatic carbocycles. The van der Waals surface area contributed by atoms with Crippen molar-refractivity contribution in [2.24, 2.45) is 18.0 Å². The molecule has 1 N–H and O–H groups in total. The number of rotatable bonds is 7. The molecule has 0 bridgehead atoms. The third kappa shape index (κ3) is 4.82. The third-order valence-electron chi connectivity index (χ3n) is 6.29. The van der Waals surface area contributed by atoms with Crippen molar-refractivity contribution in [3.05, 3.63) is 101 Å². The topological polar surface area (TPSA) is 82.0 Å². The average molecular weight is 494 g/mol. The molecule has 0 aliphatic heterocycles. The van der Waals surface area contributed by atoms with Crippen LogP contribution in [-0.4, -0.2) is 30.9 Å². The van der Waals surface area contributed by atoms with Gasteiger partial charge in [-0.05, 0) is 35.7 Å². The molecule has 37 heavy (non-hydrogen) atoms. The first-order valence-electron chi connectivity index (χ1n) is 12.4.